The van der Waals surface area contributed by atoms with Gasteiger partial charge < -0.3 is 24.5 Å². The van der Waals surface area contributed by atoms with Gasteiger partial charge in [-0.3, -0.25) is 24.2 Å². The lowest BCUT2D eigenvalue weighted by Gasteiger charge is -2.26. The molecule has 0 radical (unpaired) electrons. The fourth-order valence-electron chi connectivity index (χ4n) is 4.05. The number of carbonyl (C=O) groups is 2. The predicted octanol–water partition coefficient (Wildman–Crippen LogP) is 4.73. The molecule has 0 aliphatic carbocycles. The number of aromatic nitrogens is 5. The number of aliphatic carboxylic acids is 1. The first kappa shape index (κ1) is 48.8. The smallest absolute Gasteiger partial charge is 0.445 e. The van der Waals surface area contributed by atoms with Crippen LogP contribution in [0, 0.1) is 12.7 Å². The van der Waals surface area contributed by atoms with Crippen molar-refractivity contribution in [3.05, 3.63) is 73.6 Å². The minimum Gasteiger partial charge on any atom is -0.480 e. The fraction of sp³-hybridized carbons (Fsp3) is 0.357. The van der Waals surface area contributed by atoms with E-state index in [4.69, 9.17) is 42.8 Å². The van der Waals surface area contributed by atoms with E-state index in [0.29, 0.717) is 10.4 Å². The number of carbonyl (C=O) groups excluding carboxylic acids is 1. The molecular formula is C28H31Cl2F6N8O10PS2. The summed E-state index contributed by atoms with van der Waals surface area (Å²) in [5.74, 6) is -2.32. The largest absolute Gasteiger partial charge is 0.480 e. The summed E-state index contributed by atoms with van der Waals surface area (Å²) in [7, 11) is -7.74. The Labute approximate surface area is 332 Å². The zero-order valence-electron chi connectivity index (χ0n) is 29.4. The molecule has 5 N–H and O–H groups in total. The third-order valence-electron chi connectivity index (χ3n) is 6.19. The maximum atomic E-state index is 13.0. The standard InChI is InChI=1S/C14H13F4N3O2S.C11H10Cl2F2N4O3S.C3H8NO5P/c1-8(2)21(10-5-3-9(15)4-6-10)11(22)7-23-13-20-19-12(24-13)14(16,17)18;1-5-16-19(11(20)18(5)10(14)15)9-4-8(17-23(2,21)22)6(12)3-7(9)13;5-3(6)1-4-2-10(7,8)9/h3-6,8H,7H2,1-2H3;3-4,10,17H,1-2H3;4H,1-2H2,(H,5,6)(H2,7,8,9). The number of sulfonamides is 1. The van der Waals surface area contributed by atoms with Crippen molar-refractivity contribution in [2.45, 2.75) is 39.5 Å². The molecule has 0 unspecified atom stereocenters. The van der Waals surface area contributed by atoms with Gasteiger partial charge in [0.05, 0.1) is 40.5 Å². The maximum Gasteiger partial charge on any atom is 0.445 e. The molecule has 57 heavy (non-hydrogen) atoms. The van der Waals surface area contributed by atoms with Gasteiger partial charge in [0.25, 0.3) is 11.1 Å². The molecule has 18 nitrogen and oxygen atoms in total. The van der Waals surface area contributed by atoms with E-state index in [9.17, 15) is 53.7 Å². The molecule has 2 heterocycles. The van der Waals surface area contributed by atoms with Crippen LogP contribution in [0.25, 0.3) is 5.69 Å². The minimum absolute atomic E-state index is 0.0257. The molecule has 0 atom stereocenters. The van der Waals surface area contributed by atoms with Crippen molar-refractivity contribution in [1.82, 2.24) is 29.9 Å². The molecule has 316 valence electrons. The third kappa shape index (κ3) is 15.9. The summed E-state index contributed by atoms with van der Waals surface area (Å²) >= 11 is 12.0. The van der Waals surface area contributed by atoms with E-state index in [1.165, 1.54) is 42.2 Å². The number of halogens is 8. The fourth-order valence-corrected chi connectivity index (χ4v) is 6.15. The SMILES string of the molecule is CC(C)N(C(=O)COc1nnc(C(F)(F)F)s1)c1ccc(F)cc1.Cc1nn(-c2cc(NS(C)(=O)=O)c(Cl)cc2Cl)c(=O)n1C(F)F.O=C(O)CNCP(=O)(O)O. The topological polar surface area (TPSA) is 248 Å². The number of nitrogens with zero attached hydrogens (tertiary/aromatic N) is 6. The third-order valence-corrected chi connectivity index (χ3v) is 8.91. The normalized spacial score (nSPS) is 11.7. The number of nitrogens with one attached hydrogen (secondary N) is 2. The van der Waals surface area contributed by atoms with Crippen molar-refractivity contribution in [3.63, 3.8) is 0 Å². The highest BCUT2D eigenvalue weighted by Gasteiger charge is 2.36. The van der Waals surface area contributed by atoms with Crippen LogP contribution in [0.15, 0.2) is 41.2 Å². The Kier molecular flexibility index (Phi) is 17.5. The summed E-state index contributed by atoms with van der Waals surface area (Å²) in [5, 5.41) is 18.4. The zero-order chi connectivity index (χ0) is 43.6. The van der Waals surface area contributed by atoms with Crippen LogP contribution >= 0.6 is 42.1 Å². The van der Waals surface area contributed by atoms with Crippen LogP contribution in [0.2, 0.25) is 10.0 Å². The number of carboxylic acid groups (broad SMARTS) is 1. The van der Waals surface area contributed by atoms with E-state index in [0.717, 1.165) is 12.3 Å². The summed E-state index contributed by atoms with van der Waals surface area (Å²) < 4.78 is 117. The molecule has 0 saturated carbocycles. The van der Waals surface area contributed by atoms with Gasteiger partial charge in [0.15, 0.2) is 6.61 Å². The highest BCUT2D eigenvalue weighted by molar-refractivity contribution is 7.92. The molecule has 1 amide bonds. The van der Waals surface area contributed by atoms with Gasteiger partial charge in [0, 0.05) is 11.7 Å². The van der Waals surface area contributed by atoms with Gasteiger partial charge in [-0.25, -0.2) is 22.2 Å². The van der Waals surface area contributed by atoms with E-state index in [1.54, 1.807) is 13.8 Å². The molecule has 2 aromatic carbocycles. The van der Waals surface area contributed by atoms with Gasteiger partial charge in [0.1, 0.15) is 11.6 Å². The average Bonchev–Trinajstić information content (AvgIpc) is 3.65. The summed E-state index contributed by atoms with van der Waals surface area (Å²) in [6.07, 6.45) is -4.31. The van der Waals surface area contributed by atoms with Crippen LogP contribution in [-0.4, -0.2) is 91.5 Å². The van der Waals surface area contributed by atoms with Gasteiger partial charge >= 0.3 is 32.0 Å². The first-order chi connectivity index (χ1) is 26.1. The van der Waals surface area contributed by atoms with Crippen LogP contribution in [0.3, 0.4) is 0 Å². The van der Waals surface area contributed by atoms with E-state index < -0.39 is 78.2 Å². The van der Waals surface area contributed by atoms with E-state index in [1.807, 2.05) is 0 Å². The lowest BCUT2D eigenvalue weighted by Crippen LogP contribution is -2.40. The van der Waals surface area contributed by atoms with E-state index in [2.05, 4.69) is 25.3 Å². The lowest BCUT2D eigenvalue weighted by molar-refractivity contribution is -0.138. The molecule has 0 saturated heterocycles. The molecular weight excluding hydrogens is 888 g/mol. The Morgan fingerprint density at radius 1 is 1.09 bits per heavy atom. The van der Waals surface area contributed by atoms with Crippen LogP contribution in [0.1, 0.15) is 31.2 Å². The van der Waals surface area contributed by atoms with Crippen LogP contribution < -0.4 is 25.4 Å². The van der Waals surface area contributed by atoms with Crippen molar-refractivity contribution >= 4 is 75.4 Å². The summed E-state index contributed by atoms with van der Waals surface area (Å²) in [4.78, 5) is 51.8. The summed E-state index contributed by atoms with van der Waals surface area (Å²) in [5.41, 5.74) is -0.820. The van der Waals surface area contributed by atoms with Crippen LogP contribution in [0.4, 0.5) is 37.7 Å². The first-order valence-electron chi connectivity index (χ1n) is 15.1. The number of ether oxygens (including phenoxy) is 1. The quantitative estimate of drug-likeness (QED) is 0.0900. The Hall–Kier alpha value is -4.30. The Morgan fingerprint density at radius 2 is 1.68 bits per heavy atom. The first-order valence-corrected chi connectivity index (χ1v) is 20.4. The molecule has 0 fully saturated rings. The summed E-state index contributed by atoms with van der Waals surface area (Å²) in [6.45, 7) is 0.689. The molecule has 0 aliphatic heterocycles. The van der Waals surface area contributed by atoms with Crippen molar-refractivity contribution in [1.29, 1.82) is 0 Å². The number of carboxylic acids is 1. The van der Waals surface area contributed by atoms with Crippen LogP contribution in [0.5, 0.6) is 5.19 Å². The van der Waals surface area contributed by atoms with Gasteiger partial charge in [-0.15, -0.1) is 10.2 Å². The van der Waals surface area contributed by atoms with Crippen LogP contribution in [-0.2, 0) is 30.4 Å². The Morgan fingerprint density at radius 3 is 2.14 bits per heavy atom. The molecule has 2 aromatic heterocycles. The molecule has 0 spiro atoms. The molecule has 4 aromatic rings. The second kappa shape index (κ2) is 20.4. The summed E-state index contributed by atoms with van der Waals surface area (Å²) in [6, 6.07) is 7.33. The monoisotopic (exact) mass is 918 g/mol. The van der Waals surface area contributed by atoms with Crippen molar-refractivity contribution < 1.29 is 68.5 Å². The van der Waals surface area contributed by atoms with E-state index >= 15 is 0 Å². The van der Waals surface area contributed by atoms with Gasteiger partial charge in [0.2, 0.25) is 15.0 Å². The van der Waals surface area contributed by atoms with Crippen molar-refractivity contribution in [2.75, 3.05) is 35.3 Å². The van der Waals surface area contributed by atoms with Gasteiger partial charge in [-0.1, -0.05) is 39.6 Å². The molecule has 4 rings (SSSR count). The average molecular weight is 920 g/mol. The highest BCUT2D eigenvalue weighted by atomic mass is 35.5. The maximum absolute atomic E-state index is 13.0. The van der Waals surface area contributed by atoms with Crippen molar-refractivity contribution in [3.8, 4) is 10.9 Å². The van der Waals surface area contributed by atoms with Gasteiger partial charge in [-0.2, -0.15) is 26.6 Å². The lowest BCUT2D eigenvalue weighted by atomic mass is 10.2. The van der Waals surface area contributed by atoms with Gasteiger partial charge in [-0.05, 0) is 57.2 Å². The number of rotatable bonds is 13. The second-order valence-electron chi connectivity index (χ2n) is 11.2. The number of aryl methyl sites for hydroxylation is 1. The predicted molar refractivity (Wildman–Crippen MR) is 194 cm³/mol. The number of anilines is 2. The zero-order valence-corrected chi connectivity index (χ0v) is 33.4. The number of hydrogen-bond donors (Lipinski definition) is 5. The highest BCUT2D eigenvalue weighted by Crippen LogP contribution is 2.34. The Balaban J connectivity index is 0.000000320. The number of benzene rings is 2. The van der Waals surface area contributed by atoms with E-state index in [-0.39, 0.29) is 54.4 Å². The molecule has 29 heteroatoms. The molecule has 0 bridgehead atoms. The number of alkyl halides is 5. The number of amides is 1. The minimum atomic E-state index is -4.61. The second-order valence-corrected chi connectivity index (χ2v) is 16.3. The molecule has 0 aliphatic rings. The van der Waals surface area contributed by atoms with Crippen molar-refractivity contribution in [2.24, 2.45) is 0 Å². The number of hydrogen-bond acceptors (Lipinski definition) is 12. The Bertz CT molecular complexity index is 2240.